The van der Waals surface area contributed by atoms with Crippen LogP contribution in [0.4, 0.5) is 5.13 Å². The normalized spacial score (nSPS) is 16.3. The molecule has 1 aliphatic rings. The Bertz CT molecular complexity index is 351. The molecule has 5 heteroatoms. The summed E-state index contributed by atoms with van der Waals surface area (Å²) in [7, 11) is 0. The molecule has 0 aromatic carbocycles. The van der Waals surface area contributed by atoms with Crippen LogP contribution in [0.25, 0.3) is 0 Å². The van der Waals surface area contributed by atoms with Crippen LogP contribution in [0.5, 0.6) is 0 Å². The Kier molecular flexibility index (Phi) is 3.05. The summed E-state index contributed by atoms with van der Waals surface area (Å²) < 4.78 is 0. The zero-order valence-corrected chi connectivity index (χ0v) is 9.18. The maximum Gasteiger partial charge on any atom is 0.187 e. The summed E-state index contributed by atoms with van der Waals surface area (Å²) >= 11 is 7.32. The molecule has 0 aliphatic carbocycles. The van der Waals surface area contributed by atoms with E-state index in [1.165, 1.54) is 11.3 Å². The quantitative estimate of drug-likeness (QED) is 0.791. The number of anilines is 1. The first kappa shape index (κ1) is 9.96. The Morgan fingerprint density at radius 3 is 3.00 bits per heavy atom. The summed E-state index contributed by atoms with van der Waals surface area (Å²) in [4.78, 5) is 7.13. The SMILES string of the molecule is OCc1sc(N2CC=CCC2)nc1Cl. The molecule has 3 nitrogen and oxygen atoms in total. The second-order valence-electron chi connectivity index (χ2n) is 3.07. The fraction of sp³-hybridized carbons (Fsp3) is 0.444. The smallest absolute Gasteiger partial charge is 0.187 e. The summed E-state index contributed by atoms with van der Waals surface area (Å²) in [6.07, 6.45) is 5.34. The van der Waals surface area contributed by atoms with Crippen LogP contribution in [0.1, 0.15) is 11.3 Å². The highest BCUT2D eigenvalue weighted by molar-refractivity contribution is 7.16. The largest absolute Gasteiger partial charge is 0.391 e. The maximum absolute atomic E-state index is 8.98. The Morgan fingerprint density at radius 2 is 2.43 bits per heavy atom. The summed E-state index contributed by atoms with van der Waals surface area (Å²) in [6.45, 7) is 1.83. The summed E-state index contributed by atoms with van der Waals surface area (Å²) in [5, 5.41) is 10.3. The van der Waals surface area contributed by atoms with Crippen LogP contribution in [-0.2, 0) is 6.61 Å². The van der Waals surface area contributed by atoms with Crippen LogP contribution >= 0.6 is 22.9 Å². The predicted molar refractivity (Wildman–Crippen MR) is 59.0 cm³/mol. The third-order valence-electron chi connectivity index (χ3n) is 2.11. The number of aromatic nitrogens is 1. The highest BCUT2D eigenvalue weighted by Gasteiger charge is 2.14. The van der Waals surface area contributed by atoms with Crippen molar-refractivity contribution in [1.29, 1.82) is 0 Å². The lowest BCUT2D eigenvalue weighted by atomic mass is 10.3. The van der Waals surface area contributed by atoms with Gasteiger partial charge in [0.25, 0.3) is 0 Å². The van der Waals surface area contributed by atoms with E-state index in [4.69, 9.17) is 16.7 Å². The van der Waals surface area contributed by atoms with Gasteiger partial charge in [0.05, 0.1) is 11.5 Å². The maximum atomic E-state index is 8.98. The van der Waals surface area contributed by atoms with Crippen molar-refractivity contribution in [3.05, 3.63) is 22.2 Å². The second-order valence-corrected chi connectivity index (χ2v) is 4.49. The highest BCUT2D eigenvalue weighted by atomic mass is 35.5. The van der Waals surface area contributed by atoms with E-state index >= 15 is 0 Å². The lowest BCUT2D eigenvalue weighted by Crippen LogP contribution is -2.26. The fourth-order valence-electron chi connectivity index (χ4n) is 1.37. The van der Waals surface area contributed by atoms with Crippen molar-refractivity contribution in [3.8, 4) is 0 Å². The number of aliphatic hydroxyl groups excluding tert-OH is 1. The average Bonchev–Trinajstić information content (AvgIpc) is 2.61. The van der Waals surface area contributed by atoms with Gasteiger partial charge >= 0.3 is 0 Å². The van der Waals surface area contributed by atoms with Gasteiger partial charge in [-0.05, 0) is 6.42 Å². The molecule has 76 valence electrons. The van der Waals surface area contributed by atoms with E-state index in [1.54, 1.807) is 0 Å². The first-order chi connectivity index (χ1) is 6.81. The van der Waals surface area contributed by atoms with Crippen molar-refractivity contribution < 1.29 is 5.11 Å². The van der Waals surface area contributed by atoms with Gasteiger partial charge in [-0.2, -0.15) is 0 Å². The lowest BCUT2D eigenvalue weighted by Gasteiger charge is -2.21. The molecule has 1 aromatic heterocycles. The zero-order valence-electron chi connectivity index (χ0n) is 7.61. The van der Waals surface area contributed by atoms with Crippen LogP contribution in [0, 0.1) is 0 Å². The first-order valence-electron chi connectivity index (χ1n) is 4.47. The van der Waals surface area contributed by atoms with E-state index in [0.29, 0.717) is 5.15 Å². The van der Waals surface area contributed by atoms with E-state index in [2.05, 4.69) is 22.0 Å². The molecule has 0 radical (unpaired) electrons. The van der Waals surface area contributed by atoms with Crippen molar-refractivity contribution >= 4 is 28.1 Å². The van der Waals surface area contributed by atoms with Gasteiger partial charge in [0.15, 0.2) is 5.13 Å². The Balaban J connectivity index is 2.19. The van der Waals surface area contributed by atoms with Gasteiger partial charge in [-0.25, -0.2) is 4.98 Å². The number of halogens is 1. The molecule has 0 fully saturated rings. The average molecular weight is 231 g/mol. The van der Waals surface area contributed by atoms with Gasteiger partial charge in [0.1, 0.15) is 5.15 Å². The number of hydrogen-bond donors (Lipinski definition) is 1. The van der Waals surface area contributed by atoms with Crippen molar-refractivity contribution in [2.75, 3.05) is 18.0 Å². The first-order valence-corrected chi connectivity index (χ1v) is 5.66. The van der Waals surface area contributed by atoms with Crippen molar-refractivity contribution in [2.24, 2.45) is 0 Å². The van der Waals surface area contributed by atoms with Gasteiger partial charge in [-0.1, -0.05) is 35.1 Å². The minimum absolute atomic E-state index is 0.0276. The van der Waals surface area contributed by atoms with E-state index in [1.807, 2.05) is 0 Å². The molecule has 2 heterocycles. The third-order valence-corrected chi connectivity index (χ3v) is 3.64. The number of thiazole rings is 1. The monoisotopic (exact) mass is 230 g/mol. The Morgan fingerprint density at radius 1 is 1.57 bits per heavy atom. The van der Waals surface area contributed by atoms with Crippen molar-refractivity contribution in [1.82, 2.24) is 4.98 Å². The summed E-state index contributed by atoms with van der Waals surface area (Å²) in [5.41, 5.74) is 0. The third kappa shape index (κ3) is 1.92. The van der Waals surface area contributed by atoms with Gasteiger partial charge in [0.2, 0.25) is 0 Å². The van der Waals surface area contributed by atoms with Crippen molar-refractivity contribution in [3.63, 3.8) is 0 Å². The number of nitrogens with zero attached hydrogens (tertiary/aromatic N) is 2. The topological polar surface area (TPSA) is 36.4 Å². The molecule has 0 unspecified atom stereocenters. The molecule has 14 heavy (non-hydrogen) atoms. The zero-order chi connectivity index (χ0) is 9.97. The van der Waals surface area contributed by atoms with Crippen LogP contribution in [0.3, 0.4) is 0 Å². The molecule has 0 bridgehead atoms. The van der Waals surface area contributed by atoms with Crippen LogP contribution in [0.2, 0.25) is 5.15 Å². The van der Waals surface area contributed by atoms with E-state index < -0.39 is 0 Å². The fourth-order valence-corrected chi connectivity index (χ4v) is 2.52. The number of hydrogen-bond acceptors (Lipinski definition) is 4. The van der Waals surface area contributed by atoms with Gasteiger partial charge in [-0.15, -0.1) is 0 Å². The molecule has 1 aliphatic heterocycles. The molecule has 2 rings (SSSR count). The molecule has 0 amide bonds. The molecule has 0 spiro atoms. The molecule has 0 saturated heterocycles. The standard InChI is InChI=1S/C9H11ClN2OS/c10-8-7(6-13)14-9(11-8)12-4-2-1-3-5-12/h1-2,13H,3-6H2. The van der Waals surface area contributed by atoms with Gasteiger partial charge < -0.3 is 10.0 Å². The Hall–Kier alpha value is -0.580. The van der Waals surface area contributed by atoms with Crippen molar-refractivity contribution in [2.45, 2.75) is 13.0 Å². The van der Waals surface area contributed by atoms with Gasteiger partial charge in [-0.3, -0.25) is 0 Å². The summed E-state index contributed by atoms with van der Waals surface area (Å²) in [5.74, 6) is 0. The molecule has 0 saturated carbocycles. The van der Waals surface area contributed by atoms with Crippen LogP contribution in [-0.4, -0.2) is 23.2 Å². The van der Waals surface area contributed by atoms with E-state index in [9.17, 15) is 0 Å². The summed E-state index contributed by atoms with van der Waals surface area (Å²) in [6, 6.07) is 0. The highest BCUT2D eigenvalue weighted by Crippen LogP contribution is 2.30. The van der Waals surface area contributed by atoms with Gasteiger partial charge in [0, 0.05) is 13.1 Å². The lowest BCUT2D eigenvalue weighted by molar-refractivity contribution is 0.285. The van der Waals surface area contributed by atoms with E-state index in [-0.39, 0.29) is 6.61 Å². The number of rotatable bonds is 2. The predicted octanol–water partition coefficient (Wildman–Crippen LogP) is 2.06. The van der Waals surface area contributed by atoms with E-state index in [0.717, 1.165) is 29.5 Å². The molecule has 0 atom stereocenters. The minimum atomic E-state index is -0.0276. The molecular formula is C9H11ClN2OS. The minimum Gasteiger partial charge on any atom is -0.391 e. The molecule has 1 N–H and O–H groups in total. The molecule has 1 aromatic rings. The Labute approximate surface area is 91.6 Å². The second kappa shape index (κ2) is 4.29. The van der Waals surface area contributed by atoms with Crippen LogP contribution < -0.4 is 4.90 Å². The number of aliphatic hydroxyl groups is 1. The van der Waals surface area contributed by atoms with Crippen LogP contribution in [0.15, 0.2) is 12.2 Å². The molecular weight excluding hydrogens is 220 g/mol.